The number of rotatable bonds is 3. The van der Waals surface area contributed by atoms with Crippen LogP contribution in [0.5, 0.6) is 0 Å². The third kappa shape index (κ3) is 2.95. The van der Waals surface area contributed by atoms with E-state index in [4.69, 9.17) is 10.7 Å². The number of nitrogens with zero attached hydrogens (tertiary/aromatic N) is 3. The number of piperidine rings is 1. The molecule has 1 aliphatic heterocycles. The van der Waals surface area contributed by atoms with Gasteiger partial charge in [-0.05, 0) is 11.6 Å². The number of hydrogen-bond acceptors (Lipinski definition) is 5. The molecular weight excluding hydrogens is 320 g/mol. The van der Waals surface area contributed by atoms with Gasteiger partial charge in [-0.2, -0.15) is 5.26 Å². The van der Waals surface area contributed by atoms with E-state index < -0.39 is 0 Å². The second-order valence-corrected chi connectivity index (χ2v) is 7.41. The van der Waals surface area contributed by atoms with Gasteiger partial charge in [0.15, 0.2) is 0 Å². The summed E-state index contributed by atoms with van der Waals surface area (Å²) in [6.07, 6.45) is 3.12. The van der Waals surface area contributed by atoms with Crippen LogP contribution in [0.25, 0.3) is 10.6 Å². The van der Waals surface area contributed by atoms with Crippen molar-refractivity contribution in [1.82, 2.24) is 9.88 Å². The van der Waals surface area contributed by atoms with Crippen molar-refractivity contribution in [2.75, 3.05) is 7.05 Å². The molecule has 3 rings (SSSR count). The summed E-state index contributed by atoms with van der Waals surface area (Å²) in [5.74, 6) is 0.319. The number of carbonyl (C=O) groups is 1. The summed E-state index contributed by atoms with van der Waals surface area (Å²) < 4.78 is 0. The lowest BCUT2D eigenvalue weighted by atomic mass is 9.78. The molecule has 0 bridgehead atoms. The van der Waals surface area contributed by atoms with Crippen molar-refractivity contribution < 1.29 is 4.79 Å². The zero-order chi connectivity index (χ0) is 17.3. The fourth-order valence-corrected chi connectivity index (χ4v) is 3.97. The number of benzene rings is 1. The maximum Gasteiger partial charge on any atom is 0.228 e. The molecule has 1 atom stereocenters. The van der Waals surface area contributed by atoms with Gasteiger partial charge in [-0.15, -0.1) is 11.3 Å². The molecule has 2 aromatic rings. The number of carbonyl (C=O) groups excluding carboxylic acids is 1. The highest BCUT2D eigenvalue weighted by atomic mass is 32.1. The second-order valence-electron chi connectivity index (χ2n) is 6.38. The van der Waals surface area contributed by atoms with E-state index in [2.05, 4.69) is 11.1 Å². The van der Waals surface area contributed by atoms with E-state index in [0.717, 1.165) is 21.0 Å². The van der Waals surface area contributed by atoms with Crippen LogP contribution in [0.15, 0.2) is 30.5 Å². The monoisotopic (exact) mass is 338 g/mol. The Bertz CT molecular complexity index is 831. The maximum atomic E-state index is 12.1. The molecule has 0 spiro atoms. The molecule has 0 aliphatic carbocycles. The zero-order valence-corrected chi connectivity index (χ0v) is 14.5. The molecule has 1 aliphatic rings. The first-order chi connectivity index (χ1) is 11.4. The Morgan fingerprint density at radius 2 is 2.25 bits per heavy atom. The summed E-state index contributed by atoms with van der Waals surface area (Å²) in [5.41, 5.74) is 1.58. The molecule has 24 heavy (non-hydrogen) atoms. The van der Waals surface area contributed by atoms with Crippen molar-refractivity contribution in [3.63, 3.8) is 0 Å². The van der Waals surface area contributed by atoms with Gasteiger partial charge in [-0.3, -0.25) is 10.2 Å². The lowest BCUT2D eigenvalue weighted by molar-refractivity contribution is -0.128. The first-order valence-electron chi connectivity index (χ1n) is 7.69. The van der Waals surface area contributed by atoms with Crippen molar-refractivity contribution in [3.8, 4) is 16.6 Å². The normalized spacial score (nSPS) is 21.0. The van der Waals surface area contributed by atoms with E-state index in [9.17, 15) is 4.79 Å². The third-order valence-electron chi connectivity index (χ3n) is 4.44. The zero-order valence-electron chi connectivity index (χ0n) is 13.7. The van der Waals surface area contributed by atoms with E-state index in [1.54, 1.807) is 18.4 Å². The molecule has 0 unspecified atom stereocenters. The van der Waals surface area contributed by atoms with Gasteiger partial charge < -0.3 is 4.90 Å². The summed E-state index contributed by atoms with van der Waals surface area (Å²) in [5, 5.41) is 17.8. The summed E-state index contributed by atoms with van der Waals surface area (Å²) in [4.78, 5) is 19.1. The number of nitriles is 1. The molecule has 1 aromatic carbocycles. The van der Waals surface area contributed by atoms with Gasteiger partial charge >= 0.3 is 0 Å². The van der Waals surface area contributed by atoms with Crippen molar-refractivity contribution in [1.29, 1.82) is 10.7 Å². The molecule has 1 saturated heterocycles. The maximum absolute atomic E-state index is 12.1. The predicted molar refractivity (Wildman–Crippen MR) is 93.9 cm³/mol. The predicted octanol–water partition coefficient (Wildman–Crippen LogP) is 3.36. The summed E-state index contributed by atoms with van der Waals surface area (Å²) in [6, 6.07) is 9.98. The highest BCUT2D eigenvalue weighted by Gasteiger charge is 2.39. The fourth-order valence-electron chi connectivity index (χ4n) is 2.92. The quantitative estimate of drug-likeness (QED) is 0.931. The number of amides is 1. The summed E-state index contributed by atoms with van der Waals surface area (Å²) in [6.45, 7) is 2.02. The molecule has 6 heteroatoms. The van der Waals surface area contributed by atoms with E-state index in [-0.39, 0.29) is 11.3 Å². The molecule has 0 radical (unpaired) electrons. The molecule has 122 valence electrons. The average Bonchev–Trinajstić information content (AvgIpc) is 3.04. The standard InChI is InChI=1S/C18H18N4OS/c1-18(9-15(20)22(2)16(23)10-18)14-11-21-17(24-14)13-5-3-4-12(8-13)6-7-19/h3-5,8,11,20H,6,9-10H2,1-2H3/t18-/m0/s1. The largest absolute Gasteiger partial charge is 0.304 e. The Balaban J connectivity index is 1.91. The number of likely N-dealkylation sites (tertiary alicyclic amines) is 1. The van der Waals surface area contributed by atoms with E-state index in [0.29, 0.717) is 25.1 Å². The van der Waals surface area contributed by atoms with Gasteiger partial charge in [0.25, 0.3) is 0 Å². The number of thiazole rings is 1. The van der Waals surface area contributed by atoms with Crippen molar-refractivity contribution in [3.05, 3.63) is 40.9 Å². The van der Waals surface area contributed by atoms with Crippen LogP contribution in [-0.2, 0) is 16.6 Å². The van der Waals surface area contributed by atoms with Crippen molar-refractivity contribution in [2.45, 2.75) is 31.6 Å². The first kappa shape index (κ1) is 16.3. The van der Waals surface area contributed by atoms with Gasteiger partial charge in [-0.25, -0.2) is 4.98 Å². The van der Waals surface area contributed by atoms with Gasteiger partial charge in [-0.1, -0.05) is 25.1 Å². The van der Waals surface area contributed by atoms with Gasteiger partial charge in [0.05, 0.1) is 12.5 Å². The number of amidine groups is 1. The third-order valence-corrected chi connectivity index (χ3v) is 5.79. The fraction of sp³-hybridized carbons (Fsp3) is 0.333. The summed E-state index contributed by atoms with van der Waals surface area (Å²) >= 11 is 1.56. The van der Waals surface area contributed by atoms with Gasteiger partial charge in [0.2, 0.25) is 5.91 Å². The van der Waals surface area contributed by atoms with Crippen LogP contribution >= 0.6 is 11.3 Å². The molecule has 1 aromatic heterocycles. The topological polar surface area (TPSA) is 80.8 Å². The molecule has 0 saturated carbocycles. The SMILES string of the molecule is CN1C(=N)C[C@](C)(c2cnc(-c3cccc(CC#N)c3)s2)CC1=O. The van der Waals surface area contributed by atoms with E-state index >= 15 is 0 Å². The van der Waals surface area contributed by atoms with Gasteiger partial charge in [0.1, 0.15) is 10.8 Å². The number of aromatic nitrogens is 1. The lowest BCUT2D eigenvalue weighted by Crippen LogP contribution is -2.46. The minimum atomic E-state index is -0.374. The van der Waals surface area contributed by atoms with Crippen LogP contribution in [0.1, 0.15) is 30.2 Å². The van der Waals surface area contributed by atoms with Crippen molar-refractivity contribution >= 4 is 23.1 Å². The van der Waals surface area contributed by atoms with Crippen molar-refractivity contribution in [2.24, 2.45) is 0 Å². The van der Waals surface area contributed by atoms with E-state index in [1.807, 2.05) is 37.4 Å². The van der Waals surface area contributed by atoms with Crippen LogP contribution in [0, 0.1) is 16.7 Å². The number of hydrogen-bond donors (Lipinski definition) is 1. The Morgan fingerprint density at radius 3 is 2.96 bits per heavy atom. The Morgan fingerprint density at radius 1 is 1.46 bits per heavy atom. The molecular formula is C18H18N4OS. The number of nitrogens with one attached hydrogen (secondary N) is 1. The van der Waals surface area contributed by atoms with Crippen LogP contribution in [-0.4, -0.2) is 28.7 Å². The van der Waals surface area contributed by atoms with Crippen LogP contribution < -0.4 is 0 Å². The van der Waals surface area contributed by atoms with Gasteiger partial charge in [0, 0.05) is 41.9 Å². The average molecular weight is 338 g/mol. The molecule has 1 fully saturated rings. The van der Waals surface area contributed by atoms with Crippen LogP contribution in [0.3, 0.4) is 0 Å². The smallest absolute Gasteiger partial charge is 0.228 e. The molecule has 2 heterocycles. The minimum Gasteiger partial charge on any atom is -0.304 e. The molecule has 1 N–H and O–H groups in total. The second kappa shape index (κ2) is 6.17. The first-order valence-corrected chi connectivity index (χ1v) is 8.51. The Labute approximate surface area is 145 Å². The molecule has 1 amide bonds. The summed E-state index contributed by atoms with van der Waals surface area (Å²) in [7, 11) is 1.66. The lowest BCUT2D eigenvalue weighted by Gasteiger charge is -2.36. The minimum absolute atomic E-state index is 0.0280. The van der Waals surface area contributed by atoms with E-state index in [1.165, 1.54) is 4.90 Å². The Kier molecular flexibility index (Phi) is 4.20. The molecule has 5 nitrogen and oxygen atoms in total. The van der Waals surface area contributed by atoms with Crippen LogP contribution in [0.2, 0.25) is 0 Å². The highest BCUT2D eigenvalue weighted by Crippen LogP contribution is 2.40. The van der Waals surface area contributed by atoms with Crippen LogP contribution in [0.4, 0.5) is 0 Å². The highest BCUT2D eigenvalue weighted by molar-refractivity contribution is 7.15. The Hall–Kier alpha value is -2.52.